The van der Waals surface area contributed by atoms with Crippen LogP contribution in [-0.2, 0) is 0 Å². The van der Waals surface area contributed by atoms with Gasteiger partial charge in [0.1, 0.15) is 0 Å². The van der Waals surface area contributed by atoms with Gasteiger partial charge in [0.05, 0.1) is 16.0 Å². The molecular weight excluding hydrogens is 283 g/mol. The van der Waals surface area contributed by atoms with Crippen LogP contribution in [0.4, 0.5) is 0 Å². The maximum atomic E-state index is 12.2. The second-order valence-electron chi connectivity index (χ2n) is 4.06. The van der Waals surface area contributed by atoms with Crippen molar-refractivity contribution in [1.82, 2.24) is 4.98 Å². The summed E-state index contributed by atoms with van der Waals surface area (Å²) in [5, 5.41) is 14.3. The largest absolute Gasteiger partial charge is 0.617 e. The molecule has 0 bridgehead atoms. The molecule has 0 aliphatic rings. The van der Waals surface area contributed by atoms with E-state index in [2.05, 4.69) is 4.98 Å². The average molecular weight is 291 g/mol. The number of pyridine rings is 2. The van der Waals surface area contributed by atoms with Crippen LogP contribution in [0.2, 0.25) is 10.2 Å². The fraction of sp³-hybridized carbons (Fsp3) is 0. The number of halogens is 2. The van der Waals surface area contributed by atoms with Crippen LogP contribution in [0.1, 0.15) is 0 Å². The lowest BCUT2D eigenvalue weighted by Crippen LogP contribution is -2.30. The van der Waals surface area contributed by atoms with Crippen LogP contribution >= 0.6 is 23.2 Å². The smallest absolute Gasteiger partial charge is 0.294 e. The van der Waals surface area contributed by atoms with Crippen molar-refractivity contribution < 1.29 is 4.73 Å². The third-order valence-electron chi connectivity index (χ3n) is 2.91. The van der Waals surface area contributed by atoms with Crippen molar-refractivity contribution in [3.8, 4) is 11.3 Å². The Labute approximate surface area is 119 Å². The van der Waals surface area contributed by atoms with Crippen LogP contribution in [-0.4, -0.2) is 4.98 Å². The number of rotatable bonds is 1. The molecule has 5 heteroatoms. The molecule has 3 nitrogen and oxygen atoms in total. The third kappa shape index (κ3) is 2.01. The summed E-state index contributed by atoms with van der Waals surface area (Å²) in [6.07, 6.45) is 3.27. The lowest BCUT2D eigenvalue weighted by Gasteiger charge is -2.09. The van der Waals surface area contributed by atoms with E-state index >= 15 is 0 Å². The first-order chi connectivity index (χ1) is 9.18. The van der Waals surface area contributed by atoms with Crippen LogP contribution in [0.3, 0.4) is 0 Å². The van der Waals surface area contributed by atoms with Gasteiger partial charge in [0.15, 0.2) is 0 Å². The fourth-order valence-corrected chi connectivity index (χ4v) is 2.48. The highest BCUT2D eigenvalue weighted by Gasteiger charge is 2.18. The summed E-state index contributed by atoms with van der Waals surface area (Å²) in [4.78, 5) is 4.04. The van der Waals surface area contributed by atoms with Gasteiger partial charge in [-0.05, 0) is 29.8 Å². The van der Waals surface area contributed by atoms with Gasteiger partial charge in [-0.2, -0.15) is 4.73 Å². The zero-order chi connectivity index (χ0) is 13.4. The van der Waals surface area contributed by atoms with E-state index in [0.29, 0.717) is 26.4 Å². The quantitative estimate of drug-likeness (QED) is 0.388. The minimum atomic E-state index is 0.120. The Morgan fingerprint density at radius 1 is 1.11 bits per heavy atom. The molecule has 0 radical (unpaired) electrons. The molecule has 1 aromatic carbocycles. The summed E-state index contributed by atoms with van der Waals surface area (Å²) in [5.74, 6) is 0. The molecule has 0 saturated carbocycles. The van der Waals surface area contributed by atoms with Crippen LogP contribution in [0.25, 0.3) is 22.0 Å². The van der Waals surface area contributed by atoms with Gasteiger partial charge in [0, 0.05) is 23.8 Å². The Hall–Kier alpha value is -1.84. The fourth-order valence-electron chi connectivity index (χ4n) is 1.99. The van der Waals surface area contributed by atoms with Crippen molar-refractivity contribution in [3.63, 3.8) is 0 Å². The highest BCUT2D eigenvalue weighted by atomic mass is 35.5. The molecule has 3 aromatic rings. The standard InChI is InChI=1S/C14H8Cl2N2O/c15-12-4-2-1-3-11(12)13-7-9-8-17-6-5-10(9)14(16)18(13)19/h1-8H. The lowest BCUT2D eigenvalue weighted by atomic mass is 10.1. The molecule has 0 N–H and O–H groups in total. The van der Waals surface area contributed by atoms with E-state index in [1.165, 1.54) is 0 Å². The van der Waals surface area contributed by atoms with Crippen molar-refractivity contribution in [2.45, 2.75) is 0 Å². The molecule has 0 atom stereocenters. The van der Waals surface area contributed by atoms with E-state index in [1.54, 1.807) is 36.7 Å². The Kier molecular flexibility index (Phi) is 3.01. The van der Waals surface area contributed by atoms with E-state index in [4.69, 9.17) is 23.2 Å². The number of nitrogens with zero attached hydrogens (tertiary/aromatic N) is 2. The van der Waals surface area contributed by atoms with Crippen molar-refractivity contribution >= 4 is 34.0 Å². The summed E-state index contributed by atoms with van der Waals surface area (Å²) < 4.78 is 0.686. The van der Waals surface area contributed by atoms with Crippen molar-refractivity contribution in [2.24, 2.45) is 0 Å². The maximum absolute atomic E-state index is 12.2. The van der Waals surface area contributed by atoms with E-state index in [-0.39, 0.29) is 5.15 Å². The minimum absolute atomic E-state index is 0.120. The van der Waals surface area contributed by atoms with Gasteiger partial charge < -0.3 is 5.21 Å². The van der Waals surface area contributed by atoms with Gasteiger partial charge in [0.2, 0.25) is 5.69 Å². The zero-order valence-corrected chi connectivity index (χ0v) is 11.2. The van der Waals surface area contributed by atoms with Crippen molar-refractivity contribution in [1.29, 1.82) is 0 Å². The first kappa shape index (κ1) is 12.2. The molecule has 0 fully saturated rings. The molecule has 94 valence electrons. The normalized spacial score (nSPS) is 10.8. The summed E-state index contributed by atoms with van der Waals surface area (Å²) in [6, 6.07) is 10.6. The van der Waals surface area contributed by atoms with Crippen molar-refractivity contribution in [2.75, 3.05) is 0 Å². The van der Waals surface area contributed by atoms with Crippen LogP contribution in [0.5, 0.6) is 0 Å². The SMILES string of the molecule is [O-][n+]1c(-c2ccccc2Cl)cc2cnccc2c1Cl. The third-order valence-corrected chi connectivity index (χ3v) is 3.60. The summed E-state index contributed by atoms with van der Waals surface area (Å²) in [6.45, 7) is 0. The highest BCUT2D eigenvalue weighted by Crippen LogP contribution is 2.29. The molecule has 3 rings (SSSR count). The molecule has 0 unspecified atom stereocenters. The predicted molar refractivity (Wildman–Crippen MR) is 76.2 cm³/mol. The van der Waals surface area contributed by atoms with E-state index in [9.17, 15) is 5.21 Å². The number of benzene rings is 1. The topological polar surface area (TPSA) is 39.8 Å². The number of hydrogen-bond acceptors (Lipinski definition) is 2. The van der Waals surface area contributed by atoms with Gasteiger partial charge in [-0.1, -0.05) is 23.7 Å². The molecule has 0 saturated heterocycles. The second kappa shape index (κ2) is 4.68. The number of fused-ring (bicyclic) bond motifs is 1. The molecule has 0 aliphatic carbocycles. The lowest BCUT2D eigenvalue weighted by molar-refractivity contribution is -0.589. The average Bonchev–Trinajstić information content (AvgIpc) is 2.44. The molecule has 0 amide bonds. The Morgan fingerprint density at radius 2 is 1.89 bits per heavy atom. The predicted octanol–water partition coefficient (Wildman–Crippen LogP) is 3.84. The van der Waals surface area contributed by atoms with Gasteiger partial charge in [0.25, 0.3) is 5.15 Å². The van der Waals surface area contributed by atoms with E-state index in [1.807, 2.05) is 12.1 Å². The first-order valence-corrected chi connectivity index (χ1v) is 6.35. The molecular formula is C14H8Cl2N2O. The van der Waals surface area contributed by atoms with Crippen LogP contribution < -0.4 is 4.73 Å². The van der Waals surface area contributed by atoms with E-state index < -0.39 is 0 Å². The second-order valence-corrected chi connectivity index (χ2v) is 4.82. The van der Waals surface area contributed by atoms with Gasteiger partial charge in [-0.15, -0.1) is 0 Å². The molecule has 0 spiro atoms. The van der Waals surface area contributed by atoms with E-state index in [0.717, 1.165) is 5.39 Å². The Morgan fingerprint density at radius 3 is 2.68 bits per heavy atom. The van der Waals surface area contributed by atoms with Crippen molar-refractivity contribution in [3.05, 3.63) is 64.2 Å². The zero-order valence-electron chi connectivity index (χ0n) is 9.68. The first-order valence-electron chi connectivity index (χ1n) is 5.59. The monoisotopic (exact) mass is 290 g/mol. The van der Waals surface area contributed by atoms with Crippen LogP contribution in [0.15, 0.2) is 48.8 Å². The number of aromatic nitrogens is 2. The molecule has 19 heavy (non-hydrogen) atoms. The summed E-state index contributed by atoms with van der Waals surface area (Å²) >= 11 is 12.2. The molecule has 0 aliphatic heterocycles. The summed E-state index contributed by atoms with van der Waals surface area (Å²) in [5.41, 5.74) is 1.06. The van der Waals surface area contributed by atoms with Crippen LogP contribution in [0, 0.1) is 5.21 Å². The summed E-state index contributed by atoms with van der Waals surface area (Å²) in [7, 11) is 0. The highest BCUT2D eigenvalue weighted by molar-refractivity contribution is 6.34. The molecule has 2 heterocycles. The molecule has 2 aromatic heterocycles. The van der Waals surface area contributed by atoms with Gasteiger partial charge in [-0.3, -0.25) is 4.98 Å². The number of hydrogen-bond donors (Lipinski definition) is 0. The minimum Gasteiger partial charge on any atom is -0.617 e. The maximum Gasteiger partial charge on any atom is 0.294 e. The Bertz CT molecular complexity index is 774. The van der Waals surface area contributed by atoms with Gasteiger partial charge in [-0.25, -0.2) is 0 Å². The Balaban J connectivity index is 2.37. The van der Waals surface area contributed by atoms with Gasteiger partial charge >= 0.3 is 0 Å².